The minimum Gasteiger partial charge on any atom is -0.354 e. The molecule has 33 heavy (non-hydrogen) atoms. The third-order valence-electron chi connectivity index (χ3n) is 5.77. The Kier molecular flexibility index (Phi) is 8.82. The summed E-state index contributed by atoms with van der Waals surface area (Å²) in [5.41, 5.74) is -0.104. The molecule has 1 aromatic carbocycles. The number of halogens is 1. The molecule has 8 nitrogen and oxygen atoms in total. The van der Waals surface area contributed by atoms with Gasteiger partial charge >= 0.3 is 0 Å². The van der Waals surface area contributed by atoms with Gasteiger partial charge in [-0.15, -0.1) is 11.3 Å². The van der Waals surface area contributed by atoms with Crippen LogP contribution in [-0.2, 0) is 11.3 Å². The molecule has 1 aliphatic rings. The van der Waals surface area contributed by atoms with E-state index in [0.717, 1.165) is 38.5 Å². The molecule has 2 atom stereocenters. The SMILES string of the molecule is CC(C)C(NC(=O)c1ccc([N+](=O)[O-])cc1Cl)C(=O)NCC1CCCN(Cc2cccs2)C1. The standard InChI is InChI=1S/C23H29ClN4O4S/c1-15(2)21(26-22(29)19-8-7-17(28(31)32)11-20(19)24)23(30)25-12-16-5-3-9-27(13-16)14-18-6-4-10-33-18/h4,6-8,10-11,15-16,21H,3,5,9,12-14H2,1-2H3,(H,25,30)(H,26,29). The maximum atomic E-state index is 12.9. The number of rotatable bonds is 9. The van der Waals surface area contributed by atoms with Crippen molar-refractivity contribution in [3.63, 3.8) is 0 Å². The summed E-state index contributed by atoms with van der Waals surface area (Å²) in [7, 11) is 0. The number of thiophene rings is 1. The number of carbonyl (C=O) groups excluding carboxylic acids is 2. The molecule has 0 saturated carbocycles. The van der Waals surface area contributed by atoms with E-state index in [-0.39, 0.29) is 28.1 Å². The lowest BCUT2D eigenvalue weighted by Crippen LogP contribution is -2.51. The molecule has 2 heterocycles. The zero-order valence-electron chi connectivity index (χ0n) is 18.8. The van der Waals surface area contributed by atoms with Gasteiger partial charge in [0.2, 0.25) is 5.91 Å². The predicted molar refractivity (Wildman–Crippen MR) is 130 cm³/mol. The van der Waals surface area contributed by atoms with Crippen molar-refractivity contribution in [3.8, 4) is 0 Å². The van der Waals surface area contributed by atoms with Crippen LogP contribution in [0.25, 0.3) is 0 Å². The summed E-state index contributed by atoms with van der Waals surface area (Å²) in [5.74, 6) is -0.571. The highest BCUT2D eigenvalue weighted by molar-refractivity contribution is 7.09. The second kappa shape index (κ2) is 11.6. The summed E-state index contributed by atoms with van der Waals surface area (Å²) in [4.78, 5) is 39.7. The molecule has 10 heteroatoms. The van der Waals surface area contributed by atoms with Gasteiger partial charge in [-0.1, -0.05) is 31.5 Å². The Labute approximate surface area is 202 Å². The Morgan fingerprint density at radius 2 is 2.12 bits per heavy atom. The number of piperidine rings is 1. The fourth-order valence-corrected chi connectivity index (χ4v) is 5.00. The van der Waals surface area contributed by atoms with Crippen molar-refractivity contribution in [3.05, 3.63) is 61.3 Å². The quantitative estimate of drug-likeness (QED) is 0.405. The topological polar surface area (TPSA) is 105 Å². The molecule has 178 valence electrons. The molecule has 3 rings (SSSR count). The van der Waals surface area contributed by atoms with Crippen molar-refractivity contribution in [1.82, 2.24) is 15.5 Å². The van der Waals surface area contributed by atoms with Crippen LogP contribution < -0.4 is 10.6 Å². The van der Waals surface area contributed by atoms with Crippen molar-refractivity contribution in [1.29, 1.82) is 0 Å². The molecular formula is C23H29ClN4O4S. The monoisotopic (exact) mass is 492 g/mol. The van der Waals surface area contributed by atoms with E-state index in [1.807, 2.05) is 13.8 Å². The summed E-state index contributed by atoms with van der Waals surface area (Å²) in [6.45, 7) is 7.18. The van der Waals surface area contributed by atoms with E-state index >= 15 is 0 Å². The second-order valence-corrected chi connectivity index (χ2v) is 10.1. The molecular weight excluding hydrogens is 464 g/mol. The molecule has 2 aromatic rings. The van der Waals surface area contributed by atoms with Gasteiger partial charge in [0.1, 0.15) is 6.04 Å². The van der Waals surface area contributed by atoms with Gasteiger partial charge in [-0.05, 0) is 48.7 Å². The van der Waals surface area contributed by atoms with Crippen molar-refractivity contribution < 1.29 is 14.5 Å². The molecule has 2 unspecified atom stereocenters. The Hall–Kier alpha value is -2.49. The van der Waals surface area contributed by atoms with E-state index in [1.54, 1.807) is 11.3 Å². The maximum absolute atomic E-state index is 12.9. The molecule has 1 aromatic heterocycles. The van der Waals surface area contributed by atoms with E-state index in [2.05, 4.69) is 33.0 Å². The minimum absolute atomic E-state index is 0.0300. The van der Waals surface area contributed by atoms with Gasteiger partial charge in [-0.3, -0.25) is 24.6 Å². The van der Waals surface area contributed by atoms with Gasteiger partial charge in [-0.2, -0.15) is 0 Å². The van der Waals surface area contributed by atoms with Gasteiger partial charge in [-0.25, -0.2) is 0 Å². The van der Waals surface area contributed by atoms with Crippen molar-refractivity contribution in [2.75, 3.05) is 19.6 Å². The Bertz CT molecular complexity index is 983. The van der Waals surface area contributed by atoms with Crippen LogP contribution in [0.2, 0.25) is 5.02 Å². The van der Waals surface area contributed by atoms with Crippen LogP contribution in [-0.4, -0.2) is 47.3 Å². The zero-order valence-corrected chi connectivity index (χ0v) is 20.3. The maximum Gasteiger partial charge on any atom is 0.270 e. The molecule has 2 N–H and O–H groups in total. The zero-order chi connectivity index (χ0) is 24.0. The van der Waals surface area contributed by atoms with E-state index in [1.165, 1.54) is 17.0 Å². The number of amides is 2. The van der Waals surface area contributed by atoms with Crippen LogP contribution in [0.15, 0.2) is 35.7 Å². The third-order valence-corrected chi connectivity index (χ3v) is 6.95. The Morgan fingerprint density at radius 1 is 1.33 bits per heavy atom. The van der Waals surface area contributed by atoms with Gasteiger partial charge < -0.3 is 10.6 Å². The van der Waals surface area contributed by atoms with E-state index in [9.17, 15) is 19.7 Å². The number of non-ortho nitro benzene ring substituents is 1. The summed E-state index contributed by atoms with van der Waals surface area (Å²) >= 11 is 7.82. The first-order chi connectivity index (χ1) is 15.7. The van der Waals surface area contributed by atoms with Gasteiger partial charge in [0.05, 0.1) is 15.5 Å². The molecule has 0 radical (unpaired) electrons. The third kappa shape index (κ3) is 6.99. The normalized spacial score (nSPS) is 17.5. The van der Waals surface area contributed by atoms with Gasteiger partial charge in [0.15, 0.2) is 0 Å². The first-order valence-corrected chi connectivity index (χ1v) is 12.3. The Balaban J connectivity index is 1.55. The lowest BCUT2D eigenvalue weighted by molar-refractivity contribution is -0.384. The highest BCUT2D eigenvalue weighted by Gasteiger charge is 2.27. The average molecular weight is 493 g/mol. The van der Waals surface area contributed by atoms with Crippen molar-refractivity contribution >= 4 is 40.4 Å². The molecule has 2 amide bonds. The average Bonchev–Trinajstić information content (AvgIpc) is 3.28. The number of nitro groups is 1. The minimum atomic E-state index is -0.741. The Morgan fingerprint density at radius 3 is 2.76 bits per heavy atom. The highest BCUT2D eigenvalue weighted by atomic mass is 35.5. The van der Waals surface area contributed by atoms with Crippen LogP contribution in [0.5, 0.6) is 0 Å². The van der Waals surface area contributed by atoms with Crippen molar-refractivity contribution in [2.45, 2.75) is 39.3 Å². The van der Waals surface area contributed by atoms with Crippen LogP contribution in [0.1, 0.15) is 41.9 Å². The number of benzene rings is 1. The summed E-state index contributed by atoms with van der Waals surface area (Å²) in [6, 6.07) is 7.11. The number of nitrogens with zero attached hydrogens (tertiary/aromatic N) is 2. The fraction of sp³-hybridized carbons (Fsp3) is 0.478. The lowest BCUT2D eigenvalue weighted by atomic mass is 9.97. The van der Waals surface area contributed by atoms with E-state index < -0.39 is 16.9 Å². The smallest absolute Gasteiger partial charge is 0.270 e. The molecule has 1 fully saturated rings. The van der Waals surface area contributed by atoms with Gasteiger partial charge in [0, 0.05) is 36.6 Å². The number of hydrogen-bond acceptors (Lipinski definition) is 6. The predicted octanol–water partition coefficient (Wildman–Crippen LogP) is 4.09. The fourth-order valence-electron chi connectivity index (χ4n) is 4.00. The molecule has 1 aliphatic heterocycles. The van der Waals surface area contributed by atoms with Crippen LogP contribution >= 0.6 is 22.9 Å². The first-order valence-electron chi connectivity index (χ1n) is 11.0. The molecule has 0 aliphatic carbocycles. The number of carbonyl (C=O) groups is 2. The summed E-state index contributed by atoms with van der Waals surface area (Å²) in [6.07, 6.45) is 2.15. The first kappa shape index (κ1) is 25.1. The number of nitro benzene ring substituents is 1. The van der Waals surface area contributed by atoms with Crippen LogP contribution in [0.3, 0.4) is 0 Å². The van der Waals surface area contributed by atoms with Crippen LogP contribution in [0, 0.1) is 22.0 Å². The molecule has 0 bridgehead atoms. The van der Waals surface area contributed by atoms with Crippen molar-refractivity contribution in [2.24, 2.45) is 11.8 Å². The van der Waals surface area contributed by atoms with E-state index in [0.29, 0.717) is 12.5 Å². The second-order valence-electron chi connectivity index (χ2n) is 8.68. The molecule has 0 spiro atoms. The summed E-state index contributed by atoms with van der Waals surface area (Å²) < 4.78 is 0. The van der Waals surface area contributed by atoms with Gasteiger partial charge in [0.25, 0.3) is 11.6 Å². The number of likely N-dealkylation sites (tertiary alicyclic amines) is 1. The van der Waals surface area contributed by atoms with Crippen LogP contribution in [0.4, 0.5) is 5.69 Å². The van der Waals surface area contributed by atoms with E-state index in [4.69, 9.17) is 11.6 Å². The highest BCUT2D eigenvalue weighted by Crippen LogP contribution is 2.23. The molecule has 1 saturated heterocycles. The summed E-state index contributed by atoms with van der Waals surface area (Å²) in [5, 5.41) is 18.7. The number of nitrogens with one attached hydrogen (secondary N) is 2. The number of hydrogen-bond donors (Lipinski definition) is 2. The largest absolute Gasteiger partial charge is 0.354 e. The lowest BCUT2D eigenvalue weighted by Gasteiger charge is -2.33.